The van der Waals surface area contributed by atoms with Gasteiger partial charge in [-0.2, -0.15) is 0 Å². The molecule has 5 heteroatoms. The number of aliphatic hydroxyl groups is 1. The van der Waals surface area contributed by atoms with E-state index < -0.39 is 6.10 Å². The molecule has 0 bridgehead atoms. The molecule has 6 atom stereocenters. The molecule has 1 saturated heterocycles. The SMILES string of the molecule is COc1ccc(CCNCC2C(=O)OC3CC4=CCCC(C)C4(C)C(O)C32)cc1. The van der Waals surface area contributed by atoms with Gasteiger partial charge in [0.1, 0.15) is 11.9 Å². The predicted octanol–water partition coefficient (Wildman–Crippen LogP) is 3.11. The minimum absolute atomic E-state index is 0.126. The molecule has 2 fully saturated rings. The van der Waals surface area contributed by atoms with E-state index in [4.69, 9.17) is 9.47 Å². The number of esters is 1. The highest BCUT2D eigenvalue weighted by atomic mass is 16.6. The lowest BCUT2D eigenvalue weighted by Gasteiger charge is -2.51. The van der Waals surface area contributed by atoms with Crippen molar-refractivity contribution in [2.24, 2.45) is 23.2 Å². The Hall–Kier alpha value is -1.85. The minimum Gasteiger partial charge on any atom is -0.497 e. The second kappa shape index (κ2) is 8.11. The first kappa shape index (κ1) is 20.4. The normalized spacial score (nSPS) is 36.1. The molecule has 3 aliphatic rings. The standard InChI is InChI=1S/C24H33NO4/c1-15-5-4-6-17-13-20-21(22(26)24(15,17)2)19(23(27)29-20)14-25-12-11-16-7-9-18(28-3)10-8-16/h6-10,15,19-22,25-26H,4-5,11-14H2,1-3H3. The number of benzene rings is 1. The van der Waals surface area contributed by atoms with Gasteiger partial charge in [0, 0.05) is 24.3 Å². The zero-order valence-corrected chi connectivity index (χ0v) is 17.7. The zero-order chi connectivity index (χ0) is 20.6. The van der Waals surface area contributed by atoms with Crippen molar-refractivity contribution in [2.75, 3.05) is 20.2 Å². The first-order chi connectivity index (χ1) is 13.9. The van der Waals surface area contributed by atoms with Crippen LogP contribution in [0, 0.1) is 23.2 Å². The maximum Gasteiger partial charge on any atom is 0.311 e. The van der Waals surface area contributed by atoms with Gasteiger partial charge >= 0.3 is 5.97 Å². The molecule has 0 amide bonds. The van der Waals surface area contributed by atoms with E-state index in [2.05, 4.69) is 37.4 Å². The van der Waals surface area contributed by atoms with Crippen molar-refractivity contribution in [2.45, 2.75) is 51.7 Å². The van der Waals surface area contributed by atoms with Crippen LogP contribution >= 0.6 is 0 Å². The third-order valence-corrected chi connectivity index (χ3v) is 7.68. The molecular formula is C24H33NO4. The van der Waals surface area contributed by atoms with Gasteiger partial charge in [-0.3, -0.25) is 4.79 Å². The summed E-state index contributed by atoms with van der Waals surface area (Å²) >= 11 is 0. The Labute approximate surface area is 173 Å². The zero-order valence-electron chi connectivity index (χ0n) is 17.7. The van der Waals surface area contributed by atoms with Crippen LogP contribution in [0.4, 0.5) is 0 Å². The average molecular weight is 400 g/mol. The van der Waals surface area contributed by atoms with Crippen molar-refractivity contribution in [3.05, 3.63) is 41.5 Å². The second-order valence-electron chi connectivity index (χ2n) is 9.10. The summed E-state index contributed by atoms with van der Waals surface area (Å²) in [6.45, 7) is 5.75. The molecule has 4 rings (SSSR count). The van der Waals surface area contributed by atoms with E-state index >= 15 is 0 Å². The van der Waals surface area contributed by atoms with Crippen LogP contribution in [-0.2, 0) is 16.0 Å². The summed E-state index contributed by atoms with van der Waals surface area (Å²) in [5.41, 5.74) is 2.27. The number of hydrogen-bond donors (Lipinski definition) is 2. The van der Waals surface area contributed by atoms with Gasteiger partial charge in [0.2, 0.25) is 0 Å². The summed E-state index contributed by atoms with van der Waals surface area (Å²) in [4.78, 5) is 12.6. The molecule has 0 aromatic heterocycles. The number of carbonyl (C=O) groups excluding carboxylic acids is 1. The lowest BCUT2D eigenvalue weighted by molar-refractivity contribution is -0.144. The predicted molar refractivity (Wildman–Crippen MR) is 112 cm³/mol. The molecule has 0 spiro atoms. The summed E-state index contributed by atoms with van der Waals surface area (Å²) in [7, 11) is 1.66. The fraction of sp³-hybridized carbons (Fsp3) is 0.625. The van der Waals surface area contributed by atoms with E-state index in [0.29, 0.717) is 12.5 Å². The Morgan fingerprint density at radius 3 is 2.79 bits per heavy atom. The maximum atomic E-state index is 12.6. The molecule has 5 nitrogen and oxygen atoms in total. The fourth-order valence-electron chi connectivity index (χ4n) is 5.58. The first-order valence-electron chi connectivity index (χ1n) is 10.9. The molecule has 6 unspecified atom stereocenters. The van der Waals surface area contributed by atoms with Crippen LogP contribution in [0.3, 0.4) is 0 Å². The largest absolute Gasteiger partial charge is 0.497 e. The van der Waals surface area contributed by atoms with Crippen LogP contribution in [0.2, 0.25) is 0 Å². The van der Waals surface area contributed by atoms with Gasteiger partial charge in [0.15, 0.2) is 0 Å². The number of allylic oxidation sites excluding steroid dienone is 1. The number of ether oxygens (including phenoxy) is 2. The van der Waals surface area contributed by atoms with Crippen LogP contribution in [0.5, 0.6) is 5.75 Å². The molecule has 1 heterocycles. The molecule has 1 aromatic rings. The van der Waals surface area contributed by atoms with Gasteiger partial charge < -0.3 is 19.9 Å². The van der Waals surface area contributed by atoms with E-state index in [1.165, 1.54) is 11.1 Å². The summed E-state index contributed by atoms with van der Waals surface area (Å²) in [5, 5.41) is 14.8. The third kappa shape index (κ3) is 3.59. The van der Waals surface area contributed by atoms with E-state index in [-0.39, 0.29) is 29.3 Å². The molecule has 2 N–H and O–H groups in total. The van der Waals surface area contributed by atoms with Gasteiger partial charge in [0.25, 0.3) is 0 Å². The Bertz CT molecular complexity index is 774. The number of fused-ring (bicyclic) bond motifs is 2. The van der Waals surface area contributed by atoms with Crippen LogP contribution in [-0.4, -0.2) is 43.5 Å². The number of hydrogen-bond acceptors (Lipinski definition) is 5. The van der Waals surface area contributed by atoms with Crippen molar-refractivity contribution in [1.82, 2.24) is 5.32 Å². The number of carbonyl (C=O) groups is 1. The average Bonchev–Trinajstić information content (AvgIpc) is 3.03. The van der Waals surface area contributed by atoms with Crippen LogP contribution in [0.15, 0.2) is 35.9 Å². The molecule has 1 aliphatic heterocycles. The molecule has 158 valence electrons. The summed E-state index contributed by atoms with van der Waals surface area (Å²) in [6, 6.07) is 8.04. The summed E-state index contributed by atoms with van der Waals surface area (Å²) in [6.07, 6.45) is 5.35. The Kier molecular flexibility index (Phi) is 5.71. The second-order valence-corrected chi connectivity index (χ2v) is 9.10. The monoisotopic (exact) mass is 399 g/mol. The van der Waals surface area contributed by atoms with Crippen LogP contribution < -0.4 is 10.1 Å². The highest BCUT2D eigenvalue weighted by molar-refractivity contribution is 5.76. The first-order valence-corrected chi connectivity index (χ1v) is 10.9. The lowest BCUT2D eigenvalue weighted by Crippen LogP contribution is -2.54. The number of nitrogens with one attached hydrogen (secondary N) is 1. The molecular weight excluding hydrogens is 366 g/mol. The van der Waals surface area contributed by atoms with Gasteiger partial charge in [-0.25, -0.2) is 0 Å². The molecule has 29 heavy (non-hydrogen) atoms. The van der Waals surface area contributed by atoms with Gasteiger partial charge in [0.05, 0.1) is 19.1 Å². The Morgan fingerprint density at radius 2 is 2.07 bits per heavy atom. The van der Waals surface area contributed by atoms with Crippen molar-refractivity contribution in [3.63, 3.8) is 0 Å². The van der Waals surface area contributed by atoms with Gasteiger partial charge in [-0.1, -0.05) is 37.6 Å². The maximum absolute atomic E-state index is 12.6. The smallest absolute Gasteiger partial charge is 0.311 e. The highest BCUT2D eigenvalue weighted by Gasteiger charge is 2.59. The van der Waals surface area contributed by atoms with Crippen molar-refractivity contribution < 1.29 is 19.4 Å². The third-order valence-electron chi connectivity index (χ3n) is 7.68. The molecule has 0 radical (unpaired) electrons. The van der Waals surface area contributed by atoms with Gasteiger partial charge in [-0.05, 0) is 49.4 Å². The van der Waals surface area contributed by atoms with Crippen molar-refractivity contribution in [3.8, 4) is 5.75 Å². The quantitative estimate of drug-likeness (QED) is 0.437. The highest BCUT2D eigenvalue weighted by Crippen LogP contribution is 2.55. The van der Waals surface area contributed by atoms with Crippen molar-refractivity contribution >= 4 is 5.97 Å². The van der Waals surface area contributed by atoms with Crippen molar-refractivity contribution in [1.29, 1.82) is 0 Å². The molecule has 1 aromatic carbocycles. The minimum atomic E-state index is -0.539. The number of aliphatic hydroxyl groups excluding tert-OH is 1. The van der Waals surface area contributed by atoms with E-state index in [0.717, 1.165) is 38.0 Å². The lowest BCUT2D eigenvalue weighted by atomic mass is 9.55. The van der Waals surface area contributed by atoms with Crippen LogP contribution in [0.1, 0.15) is 38.7 Å². The van der Waals surface area contributed by atoms with E-state index in [1.54, 1.807) is 7.11 Å². The Morgan fingerprint density at radius 1 is 1.31 bits per heavy atom. The molecule has 1 saturated carbocycles. The van der Waals surface area contributed by atoms with Crippen LogP contribution in [0.25, 0.3) is 0 Å². The van der Waals surface area contributed by atoms with E-state index in [9.17, 15) is 9.90 Å². The van der Waals surface area contributed by atoms with Gasteiger partial charge in [-0.15, -0.1) is 0 Å². The summed E-state index contributed by atoms with van der Waals surface area (Å²) in [5.74, 6) is 0.702. The fourth-order valence-corrected chi connectivity index (χ4v) is 5.58. The topological polar surface area (TPSA) is 67.8 Å². The number of methoxy groups -OCH3 is 1. The Balaban J connectivity index is 1.38. The van der Waals surface area contributed by atoms with E-state index in [1.807, 2.05) is 12.1 Å². The summed E-state index contributed by atoms with van der Waals surface area (Å²) < 4.78 is 10.9. The molecule has 2 aliphatic carbocycles. The number of rotatable bonds is 6.